The predicted octanol–water partition coefficient (Wildman–Crippen LogP) is 4.61. The van der Waals surface area contributed by atoms with Gasteiger partial charge in [-0.15, -0.1) is 11.3 Å². The first-order valence-corrected chi connectivity index (χ1v) is 14.4. The van der Waals surface area contributed by atoms with Crippen LogP contribution in [0.3, 0.4) is 0 Å². The second kappa shape index (κ2) is 12.7. The summed E-state index contributed by atoms with van der Waals surface area (Å²) in [5.41, 5.74) is 2.39. The topological polar surface area (TPSA) is 111 Å². The molecule has 41 heavy (non-hydrogen) atoms. The molecule has 0 unspecified atom stereocenters. The smallest absolute Gasteiger partial charge is 0.410 e. The van der Waals surface area contributed by atoms with Crippen LogP contribution in [-0.4, -0.2) is 70.9 Å². The van der Waals surface area contributed by atoms with Crippen LogP contribution >= 0.6 is 22.9 Å². The van der Waals surface area contributed by atoms with Gasteiger partial charge in [0.25, 0.3) is 0 Å². The predicted molar refractivity (Wildman–Crippen MR) is 157 cm³/mol. The lowest BCUT2D eigenvalue weighted by Gasteiger charge is -2.27. The number of halogens is 1. The molecule has 0 aliphatic carbocycles. The molecule has 4 aromatic rings. The Morgan fingerprint density at radius 1 is 1.20 bits per heavy atom. The van der Waals surface area contributed by atoms with Crippen LogP contribution in [0.4, 0.5) is 16.3 Å². The molecule has 2 atom stereocenters. The zero-order valence-electron chi connectivity index (χ0n) is 22.0. The fourth-order valence-electron chi connectivity index (χ4n) is 4.50. The zero-order valence-corrected chi connectivity index (χ0v) is 23.6. The minimum absolute atomic E-state index is 0.0630. The summed E-state index contributed by atoms with van der Waals surface area (Å²) in [7, 11) is 0. The maximum absolute atomic E-state index is 12.4. The number of nitrogens with one attached hydrogen (secondary N) is 2. The standard InChI is InChI=1S/C29H27ClN6O4S/c30-24-14-20(5-7-26(24)39-17-21-3-1-2-8-31-21)35-28-27-25(33-18-34-28)15-23(41-27)6-4-19-13-22(16-32-19)40-29(37)36-9-11-38-12-10-36/h1-3,5,7-8,14-15,18-19,22,32H,9-13,16-17H2,(H,33,34,35)/t19-,22+/m0/s1. The van der Waals surface area contributed by atoms with Crippen molar-refractivity contribution in [1.29, 1.82) is 0 Å². The lowest BCUT2D eigenvalue weighted by atomic mass is 10.2. The highest BCUT2D eigenvalue weighted by molar-refractivity contribution is 7.20. The molecule has 12 heteroatoms. The van der Waals surface area contributed by atoms with Crippen molar-refractivity contribution in [3.05, 3.63) is 70.6 Å². The molecule has 1 amide bonds. The van der Waals surface area contributed by atoms with E-state index >= 15 is 0 Å². The van der Waals surface area contributed by atoms with Gasteiger partial charge in [-0.1, -0.05) is 29.5 Å². The molecule has 2 saturated heterocycles. The van der Waals surface area contributed by atoms with E-state index in [9.17, 15) is 4.79 Å². The van der Waals surface area contributed by atoms with Crippen molar-refractivity contribution in [3.63, 3.8) is 0 Å². The summed E-state index contributed by atoms with van der Waals surface area (Å²) in [6, 6.07) is 13.1. The Kier molecular flexibility index (Phi) is 8.44. The molecule has 2 fully saturated rings. The van der Waals surface area contributed by atoms with E-state index in [1.54, 1.807) is 17.2 Å². The number of thiophene rings is 1. The highest BCUT2D eigenvalue weighted by atomic mass is 35.5. The van der Waals surface area contributed by atoms with Crippen LogP contribution in [-0.2, 0) is 16.1 Å². The van der Waals surface area contributed by atoms with Crippen LogP contribution < -0.4 is 15.4 Å². The number of benzene rings is 1. The summed E-state index contributed by atoms with van der Waals surface area (Å²) in [6.45, 7) is 3.13. The number of nitrogens with zero attached hydrogens (tertiary/aromatic N) is 4. The van der Waals surface area contributed by atoms with Gasteiger partial charge in [0.05, 0.1) is 45.1 Å². The van der Waals surface area contributed by atoms with Gasteiger partial charge in [-0.25, -0.2) is 14.8 Å². The van der Waals surface area contributed by atoms with Crippen LogP contribution in [0, 0.1) is 11.8 Å². The number of carbonyl (C=O) groups excluding carboxylic acids is 1. The average Bonchev–Trinajstić information content (AvgIpc) is 3.64. The molecule has 0 radical (unpaired) electrons. The van der Waals surface area contributed by atoms with E-state index in [1.807, 2.05) is 36.4 Å². The van der Waals surface area contributed by atoms with Crippen molar-refractivity contribution in [1.82, 2.24) is 25.2 Å². The number of rotatable bonds is 6. The van der Waals surface area contributed by atoms with Gasteiger partial charge in [-0.2, -0.15) is 0 Å². The molecule has 2 aliphatic rings. The molecule has 210 valence electrons. The number of carbonyl (C=O) groups is 1. The first kappa shape index (κ1) is 27.2. The summed E-state index contributed by atoms with van der Waals surface area (Å²) in [5, 5.41) is 7.15. The van der Waals surface area contributed by atoms with Crippen molar-refractivity contribution >= 4 is 50.8 Å². The summed E-state index contributed by atoms with van der Waals surface area (Å²) >= 11 is 8.00. The van der Waals surface area contributed by atoms with E-state index in [2.05, 4.69) is 37.4 Å². The minimum Gasteiger partial charge on any atom is -0.486 e. The van der Waals surface area contributed by atoms with Crippen LogP contribution in [0.1, 0.15) is 17.0 Å². The van der Waals surface area contributed by atoms with E-state index in [0.717, 1.165) is 26.5 Å². The van der Waals surface area contributed by atoms with Gasteiger partial charge in [0.15, 0.2) is 5.82 Å². The Labute approximate surface area is 246 Å². The SMILES string of the molecule is O=C(O[C@H]1CN[C@@H](C#Cc2cc3ncnc(Nc4ccc(OCc5ccccn5)c(Cl)c4)c3s2)C1)N1CCOCC1. The Morgan fingerprint density at radius 2 is 2.10 bits per heavy atom. The normalized spacial score (nSPS) is 18.5. The number of hydrogen-bond acceptors (Lipinski definition) is 10. The molecule has 2 N–H and O–H groups in total. The largest absolute Gasteiger partial charge is 0.486 e. The number of morpholine rings is 1. The number of fused-ring (bicyclic) bond motifs is 1. The lowest BCUT2D eigenvalue weighted by Crippen LogP contribution is -2.42. The number of aromatic nitrogens is 3. The van der Waals surface area contributed by atoms with Crippen molar-refractivity contribution < 1.29 is 19.0 Å². The second-order valence-corrected chi connectivity index (χ2v) is 11.0. The summed E-state index contributed by atoms with van der Waals surface area (Å²) in [6.07, 6.45) is 3.40. The zero-order chi connectivity index (χ0) is 28.0. The van der Waals surface area contributed by atoms with Crippen molar-refractivity contribution in [2.45, 2.75) is 25.2 Å². The van der Waals surface area contributed by atoms with Crippen molar-refractivity contribution in [2.24, 2.45) is 0 Å². The lowest BCUT2D eigenvalue weighted by molar-refractivity contribution is 0.0156. The van der Waals surface area contributed by atoms with E-state index in [0.29, 0.717) is 62.5 Å². The maximum Gasteiger partial charge on any atom is 0.410 e. The van der Waals surface area contributed by atoms with E-state index in [-0.39, 0.29) is 18.2 Å². The number of pyridine rings is 1. The van der Waals surface area contributed by atoms with Crippen LogP contribution in [0.2, 0.25) is 5.02 Å². The highest BCUT2D eigenvalue weighted by Gasteiger charge is 2.28. The molecular weight excluding hydrogens is 564 g/mol. The van der Waals surface area contributed by atoms with Gasteiger partial charge < -0.3 is 24.4 Å². The molecule has 3 aromatic heterocycles. The summed E-state index contributed by atoms with van der Waals surface area (Å²) in [5.74, 6) is 7.76. The molecule has 0 bridgehead atoms. The van der Waals surface area contributed by atoms with E-state index in [4.69, 9.17) is 25.8 Å². The highest BCUT2D eigenvalue weighted by Crippen LogP contribution is 2.33. The Morgan fingerprint density at radius 3 is 2.93 bits per heavy atom. The molecule has 2 aliphatic heterocycles. The van der Waals surface area contributed by atoms with Gasteiger partial charge in [0.2, 0.25) is 0 Å². The molecule has 0 saturated carbocycles. The fraction of sp³-hybridized carbons (Fsp3) is 0.310. The summed E-state index contributed by atoms with van der Waals surface area (Å²) < 4.78 is 17.7. The monoisotopic (exact) mass is 590 g/mol. The Balaban J connectivity index is 1.08. The van der Waals surface area contributed by atoms with Gasteiger partial charge in [-0.3, -0.25) is 10.3 Å². The minimum atomic E-state index is -0.287. The second-order valence-electron chi connectivity index (χ2n) is 9.50. The number of ether oxygens (including phenoxy) is 3. The molecule has 5 heterocycles. The number of anilines is 2. The molecule has 0 spiro atoms. The summed E-state index contributed by atoms with van der Waals surface area (Å²) in [4.78, 5) is 28.0. The van der Waals surface area contributed by atoms with E-state index in [1.165, 1.54) is 17.7 Å². The van der Waals surface area contributed by atoms with Crippen LogP contribution in [0.25, 0.3) is 10.2 Å². The third-order valence-electron chi connectivity index (χ3n) is 6.60. The third kappa shape index (κ3) is 6.86. The average molecular weight is 591 g/mol. The fourth-order valence-corrected chi connectivity index (χ4v) is 5.65. The first-order valence-electron chi connectivity index (χ1n) is 13.2. The quantitative estimate of drug-likeness (QED) is 0.311. The Hall–Kier alpha value is -3.95. The van der Waals surface area contributed by atoms with Crippen molar-refractivity contribution in [3.8, 4) is 17.6 Å². The molecule has 10 nitrogen and oxygen atoms in total. The number of hydrogen-bond donors (Lipinski definition) is 2. The van der Waals surface area contributed by atoms with Crippen molar-refractivity contribution in [2.75, 3.05) is 38.2 Å². The van der Waals surface area contributed by atoms with Gasteiger partial charge in [-0.05, 0) is 36.4 Å². The number of amides is 1. The van der Waals surface area contributed by atoms with Crippen LogP contribution in [0.5, 0.6) is 5.75 Å². The van der Waals surface area contributed by atoms with Gasteiger partial charge >= 0.3 is 6.09 Å². The van der Waals surface area contributed by atoms with Gasteiger partial charge in [0, 0.05) is 37.9 Å². The maximum atomic E-state index is 12.4. The van der Waals surface area contributed by atoms with E-state index < -0.39 is 0 Å². The molecule has 1 aromatic carbocycles. The van der Waals surface area contributed by atoms with Crippen LogP contribution in [0.15, 0.2) is 55.0 Å². The Bertz CT molecular complexity index is 1580. The molecular formula is C29H27ClN6O4S. The van der Waals surface area contributed by atoms with Gasteiger partial charge in [0.1, 0.15) is 24.8 Å². The third-order valence-corrected chi connectivity index (χ3v) is 7.95. The molecule has 6 rings (SSSR count). The first-order chi connectivity index (χ1) is 20.1.